The molecule has 110 valence electrons. The first-order valence-electron chi connectivity index (χ1n) is 5.72. The van der Waals surface area contributed by atoms with Gasteiger partial charge < -0.3 is 14.9 Å². The fourth-order valence-corrected chi connectivity index (χ4v) is 2.28. The van der Waals surface area contributed by atoms with Crippen LogP contribution in [0.15, 0.2) is 20.8 Å². The Morgan fingerprint density at radius 3 is 2.85 bits per heavy atom. The Hall–Kier alpha value is -1.29. The van der Waals surface area contributed by atoms with Gasteiger partial charge in [-0.1, -0.05) is 15.9 Å². The summed E-state index contributed by atoms with van der Waals surface area (Å²) >= 11 is 3.01. The zero-order valence-electron chi connectivity index (χ0n) is 10.1. The van der Waals surface area contributed by atoms with Crippen LogP contribution in [0.2, 0.25) is 0 Å². The third-order valence-electron chi connectivity index (χ3n) is 2.96. The molecule has 4 atom stereocenters. The molecule has 0 aromatic carbocycles. The minimum Gasteiger partial charge on any atom is -0.390 e. The van der Waals surface area contributed by atoms with Gasteiger partial charge in [0.1, 0.15) is 12.3 Å². The van der Waals surface area contributed by atoms with Gasteiger partial charge in [-0.15, -0.1) is 0 Å². The number of aromatic amines is 1. The fraction of sp³-hybridized carbons (Fsp3) is 0.455. The van der Waals surface area contributed by atoms with Crippen LogP contribution in [0.5, 0.6) is 0 Å². The average Bonchev–Trinajstić information content (AvgIpc) is 2.75. The lowest BCUT2D eigenvalue weighted by Gasteiger charge is -2.16. The number of aliphatic hydroxyl groups is 2. The van der Waals surface area contributed by atoms with Crippen LogP contribution in [0, 0.1) is 0 Å². The smallest absolute Gasteiger partial charge is 0.330 e. The second kappa shape index (κ2) is 6.00. The van der Waals surface area contributed by atoms with E-state index in [9.17, 15) is 19.1 Å². The standard InChI is InChI=1S/C11H12BrFN2O5/c12-2-1-5-4-15(11(19)14-10(5)18)7-3-6(16)8(20-7)9(13)17/h1-2,4,6-9,16-17H,3H2,(H,14,18,19)/b2-1+/t6-,7+,8-,9?/m0/s1. The summed E-state index contributed by atoms with van der Waals surface area (Å²) in [6.45, 7) is 0. The molecule has 0 saturated carbocycles. The maximum absolute atomic E-state index is 12.8. The summed E-state index contributed by atoms with van der Waals surface area (Å²) < 4.78 is 19.0. The molecule has 9 heteroatoms. The van der Waals surface area contributed by atoms with Crippen molar-refractivity contribution in [2.75, 3.05) is 0 Å². The lowest BCUT2D eigenvalue weighted by molar-refractivity contribution is -0.130. The van der Waals surface area contributed by atoms with E-state index in [0.717, 1.165) is 4.57 Å². The van der Waals surface area contributed by atoms with E-state index in [2.05, 4.69) is 20.9 Å². The molecular formula is C11H12BrFN2O5. The lowest BCUT2D eigenvalue weighted by Crippen LogP contribution is -2.34. The van der Waals surface area contributed by atoms with Crippen LogP contribution >= 0.6 is 15.9 Å². The SMILES string of the molecule is O=c1[nH]c(=O)n([C@H]2C[C@H](O)[C@@H](C(O)F)O2)cc1/C=C/Br. The first-order chi connectivity index (χ1) is 9.43. The molecule has 2 rings (SSSR count). The summed E-state index contributed by atoms with van der Waals surface area (Å²) in [5.41, 5.74) is -1.14. The molecule has 20 heavy (non-hydrogen) atoms. The van der Waals surface area contributed by atoms with E-state index in [4.69, 9.17) is 9.84 Å². The molecule has 0 amide bonds. The predicted molar refractivity (Wildman–Crippen MR) is 70.9 cm³/mol. The minimum atomic E-state index is -2.35. The Kier molecular flexibility index (Phi) is 4.53. The van der Waals surface area contributed by atoms with Crippen LogP contribution in [0.25, 0.3) is 6.08 Å². The van der Waals surface area contributed by atoms with Crippen molar-refractivity contribution in [2.24, 2.45) is 0 Å². The second-order valence-corrected chi connectivity index (χ2v) is 4.80. The van der Waals surface area contributed by atoms with Crippen LogP contribution in [0.1, 0.15) is 18.2 Å². The summed E-state index contributed by atoms with van der Waals surface area (Å²) in [4.78, 5) is 26.7. The van der Waals surface area contributed by atoms with E-state index < -0.39 is 36.0 Å². The number of ether oxygens (including phenoxy) is 1. The highest BCUT2D eigenvalue weighted by Gasteiger charge is 2.40. The molecule has 1 aliphatic rings. The predicted octanol–water partition coefficient (Wildman–Crippen LogP) is -0.161. The zero-order chi connectivity index (χ0) is 14.9. The first kappa shape index (κ1) is 15.1. The summed E-state index contributed by atoms with van der Waals surface area (Å²) in [5, 5.41) is 18.4. The van der Waals surface area contributed by atoms with E-state index >= 15 is 0 Å². The van der Waals surface area contributed by atoms with E-state index in [-0.39, 0.29) is 12.0 Å². The Balaban J connectivity index is 2.37. The monoisotopic (exact) mass is 350 g/mol. The second-order valence-electron chi connectivity index (χ2n) is 4.27. The van der Waals surface area contributed by atoms with Crippen LogP contribution in [0.3, 0.4) is 0 Å². The third kappa shape index (κ3) is 2.90. The van der Waals surface area contributed by atoms with Crippen molar-refractivity contribution in [3.63, 3.8) is 0 Å². The summed E-state index contributed by atoms with van der Waals surface area (Å²) in [6, 6.07) is 0. The Morgan fingerprint density at radius 1 is 1.60 bits per heavy atom. The van der Waals surface area contributed by atoms with E-state index in [0.29, 0.717) is 0 Å². The van der Waals surface area contributed by atoms with Crippen molar-refractivity contribution >= 4 is 22.0 Å². The van der Waals surface area contributed by atoms with Gasteiger partial charge in [-0.05, 0) is 11.1 Å². The minimum absolute atomic E-state index is 0.0743. The van der Waals surface area contributed by atoms with Crippen molar-refractivity contribution in [1.29, 1.82) is 0 Å². The molecule has 1 aromatic rings. The molecule has 0 aliphatic carbocycles. The van der Waals surface area contributed by atoms with Gasteiger partial charge in [-0.2, -0.15) is 0 Å². The molecule has 7 nitrogen and oxygen atoms in total. The molecule has 1 aromatic heterocycles. The largest absolute Gasteiger partial charge is 0.390 e. The van der Waals surface area contributed by atoms with Crippen molar-refractivity contribution in [3.8, 4) is 0 Å². The summed E-state index contributed by atoms with van der Waals surface area (Å²) in [5.74, 6) is 0. The van der Waals surface area contributed by atoms with Crippen LogP contribution in [-0.2, 0) is 4.74 Å². The van der Waals surface area contributed by atoms with Gasteiger partial charge in [0.05, 0.1) is 11.7 Å². The number of nitrogens with one attached hydrogen (secondary N) is 1. The molecule has 3 N–H and O–H groups in total. The van der Waals surface area contributed by atoms with Crippen molar-refractivity contribution < 1.29 is 19.3 Å². The zero-order valence-corrected chi connectivity index (χ0v) is 11.7. The van der Waals surface area contributed by atoms with Gasteiger partial charge in [-0.25, -0.2) is 9.18 Å². The maximum Gasteiger partial charge on any atom is 0.330 e. The molecule has 1 saturated heterocycles. The molecule has 1 fully saturated rings. The highest BCUT2D eigenvalue weighted by atomic mass is 79.9. The molecule has 0 spiro atoms. The number of rotatable bonds is 3. The molecule has 0 bridgehead atoms. The maximum atomic E-state index is 12.8. The Morgan fingerprint density at radius 2 is 2.30 bits per heavy atom. The Bertz CT molecular complexity index is 626. The summed E-state index contributed by atoms with van der Waals surface area (Å²) in [6.07, 6.45) is -3.40. The first-order valence-corrected chi connectivity index (χ1v) is 6.63. The van der Waals surface area contributed by atoms with E-state index in [1.54, 1.807) is 0 Å². The number of hydrogen-bond donors (Lipinski definition) is 3. The lowest BCUT2D eigenvalue weighted by atomic mass is 10.2. The fourth-order valence-electron chi connectivity index (χ4n) is 2.00. The quantitative estimate of drug-likeness (QED) is 0.702. The molecular weight excluding hydrogens is 339 g/mol. The number of H-pyrrole nitrogens is 1. The average molecular weight is 351 g/mol. The highest BCUT2D eigenvalue weighted by Crippen LogP contribution is 2.29. The van der Waals surface area contributed by atoms with Gasteiger partial charge in [-0.3, -0.25) is 14.3 Å². The molecule has 1 unspecified atom stereocenters. The normalized spacial score (nSPS) is 28.1. The van der Waals surface area contributed by atoms with Gasteiger partial charge >= 0.3 is 5.69 Å². The molecule has 1 aliphatic heterocycles. The van der Waals surface area contributed by atoms with E-state index in [1.807, 2.05) is 0 Å². The number of nitrogens with zero attached hydrogens (tertiary/aromatic N) is 1. The number of halogens is 2. The van der Waals surface area contributed by atoms with E-state index in [1.165, 1.54) is 17.3 Å². The van der Waals surface area contributed by atoms with Gasteiger partial charge in [0.15, 0.2) is 0 Å². The van der Waals surface area contributed by atoms with Crippen LogP contribution in [-0.4, -0.2) is 38.3 Å². The van der Waals surface area contributed by atoms with Crippen molar-refractivity contribution in [1.82, 2.24) is 9.55 Å². The van der Waals surface area contributed by atoms with Crippen molar-refractivity contribution in [2.45, 2.75) is 31.2 Å². The number of aliphatic hydroxyl groups excluding tert-OH is 2. The van der Waals surface area contributed by atoms with Gasteiger partial charge in [0.2, 0.25) is 6.36 Å². The van der Waals surface area contributed by atoms with Crippen LogP contribution < -0.4 is 11.2 Å². The number of hydrogen-bond acceptors (Lipinski definition) is 5. The number of alkyl halides is 1. The van der Waals surface area contributed by atoms with Gasteiger partial charge in [0, 0.05) is 12.6 Å². The Labute approximate surface area is 120 Å². The number of aromatic nitrogens is 2. The summed E-state index contributed by atoms with van der Waals surface area (Å²) in [7, 11) is 0. The van der Waals surface area contributed by atoms with Crippen LogP contribution in [0.4, 0.5) is 4.39 Å². The third-order valence-corrected chi connectivity index (χ3v) is 3.22. The van der Waals surface area contributed by atoms with Gasteiger partial charge in [0.25, 0.3) is 5.56 Å². The molecule has 2 heterocycles. The van der Waals surface area contributed by atoms with Crippen molar-refractivity contribution in [3.05, 3.63) is 37.6 Å². The topological polar surface area (TPSA) is 105 Å². The molecule has 0 radical (unpaired) electrons. The highest BCUT2D eigenvalue weighted by molar-refractivity contribution is 9.11.